The van der Waals surface area contributed by atoms with Crippen molar-refractivity contribution in [1.82, 2.24) is 15.1 Å². The van der Waals surface area contributed by atoms with Gasteiger partial charge in [-0.05, 0) is 38.1 Å². The highest BCUT2D eigenvalue weighted by molar-refractivity contribution is 7.12. The van der Waals surface area contributed by atoms with Crippen LogP contribution in [0.15, 0.2) is 6.07 Å². The summed E-state index contributed by atoms with van der Waals surface area (Å²) in [6.07, 6.45) is 1.28. The van der Waals surface area contributed by atoms with Crippen LogP contribution < -0.4 is 5.32 Å². The number of hydrogen-bond acceptors (Lipinski definition) is 4. The van der Waals surface area contributed by atoms with Gasteiger partial charge in [-0.2, -0.15) is 0 Å². The lowest BCUT2D eigenvalue weighted by Gasteiger charge is -2.34. The molecule has 0 amide bonds. The molecule has 0 radical (unpaired) electrons. The van der Waals surface area contributed by atoms with Crippen molar-refractivity contribution in [3.8, 4) is 0 Å². The van der Waals surface area contributed by atoms with Gasteiger partial charge >= 0.3 is 0 Å². The molecule has 1 aromatic heterocycles. The zero-order chi connectivity index (χ0) is 14.4. The van der Waals surface area contributed by atoms with Gasteiger partial charge in [-0.1, -0.05) is 13.8 Å². The maximum absolute atomic E-state index is 3.42. The lowest BCUT2D eigenvalue weighted by molar-refractivity contribution is 0.127. The van der Waals surface area contributed by atoms with Crippen molar-refractivity contribution in [2.24, 2.45) is 0 Å². The van der Waals surface area contributed by atoms with Crippen LogP contribution in [0.4, 0.5) is 0 Å². The highest BCUT2D eigenvalue weighted by Crippen LogP contribution is 2.23. The summed E-state index contributed by atoms with van der Waals surface area (Å²) in [5.74, 6) is 0. The molecule has 3 nitrogen and oxygen atoms in total. The Hall–Kier alpha value is -0.420. The number of rotatable bonds is 7. The molecule has 0 aliphatic carbocycles. The fourth-order valence-electron chi connectivity index (χ4n) is 2.81. The highest BCUT2D eigenvalue weighted by Gasteiger charge is 2.17. The van der Waals surface area contributed by atoms with E-state index in [1.165, 1.54) is 54.5 Å². The molecule has 0 aromatic carbocycles. The van der Waals surface area contributed by atoms with E-state index >= 15 is 0 Å². The van der Waals surface area contributed by atoms with Gasteiger partial charge in [-0.15, -0.1) is 11.3 Å². The third-order valence-electron chi connectivity index (χ3n) is 4.02. The SMILES string of the molecule is CCCN1CCN(Cc2cc(CNCC)sc2C)CC1. The maximum atomic E-state index is 3.42. The summed E-state index contributed by atoms with van der Waals surface area (Å²) in [6, 6.07) is 2.40. The lowest BCUT2D eigenvalue weighted by Crippen LogP contribution is -2.45. The van der Waals surface area contributed by atoms with Crippen LogP contribution in [-0.4, -0.2) is 49.1 Å². The van der Waals surface area contributed by atoms with E-state index in [-0.39, 0.29) is 0 Å². The van der Waals surface area contributed by atoms with Gasteiger partial charge in [0.2, 0.25) is 0 Å². The Balaban J connectivity index is 1.83. The highest BCUT2D eigenvalue weighted by atomic mass is 32.1. The van der Waals surface area contributed by atoms with E-state index < -0.39 is 0 Å². The average Bonchev–Trinajstić information content (AvgIpc) is 2.79. The molecule has 1 saturated heterocycles. The molecule has 1 aliphatic heterocycles. The summed E-state index contributed by atoms with van der Waals surface area (Å²) >= 11 is 1.95. The first-order chi connectivity index (χ1) is 9.72. The minimum atomic E-state index is 1.02. The minimum Gasteiger partial charge on any atom is -0.312 e. The fraction of sp³-hybridized carbons (Fsp3) is 0.750. The second-order valence-electron chi connectivity index (χ2n) is 5.69. The van der Waals surface area contributed by atoms with E-state index in [9.17, 15) is 0 Å². The second kappa shape index (κ2) is 8.13. The summed E-state index contributed by atoms with van der Waals surface area (Å²) in [4.78, 5) is 8.17. The van der Waals surface area contributed by atoms with E-state index in [1.807, 2.05) is 11.3 Å². The van der Waals surface area contributed by atoms with E-state index in [1.54, 1.807) is 0 Å². The fourth-order valence-corrected chi connectivity index (χ4v) is 3.83. The third kappa shape index (κ3) is 4.55. The molecule has 0 atom stereocenters. The van der Waals surface area contributed by atoms with Gasteiger partial charge < -0.3 is 10.2 Å². The molecule has 0 unspecified atom stereocenters. The first kappa shape index (κ1) is 16.0. The van der Waals surface area contributed by atoms with Crippen LogP contribution in [0.1, 0.15) is 35.6 Å². The molecule has 0 saturated carbocycles. The normalized spacial score (nSPS) is 17.8. The molecule has 0 spiro atoms. The first-order valence-electron chi connectivity index (χ1n) is 7.96. The van der Waals surface area contributed by atoms with Crippen LogP contribution in [0.3, 0.4) is 0 Å². The molecule has 2 rings (SSSR count). The van der Waals surface area contributed by atoms with Gasteiger partial charge in [-0.25, -0.2) is 0 Å². The summed E-state index contributed by atoms with van der Waals surface area (Å²) in [6.45, 7) is 16.1. The summed E-state index contributed by atoms with van der Waals surface area (Å²) in [5, 5.41) is 3.42. The van der Waals surface area contributed by atoms with Crippen molar-refractivity contribution < 1.29 is 0 Å². The smallest absolute Gasteiger partial charge is 0.0299 e. The zero-order valence-electron chi connectivity index (χ0n) is 13.2. The molecule has 1 aliphatic rings. The third-order valence-corrected chi connectivity index (χ3v) is 5.11. The van der Waals surface area contributed by atoms with Crippen molar-refractivity contribution in [3.05, 3.63) is 21.4 Å². The molecular formula is C16H29N3S. The summed E-state index contributed by atoms with van der Waals surface area (Å²) < 4.78 is 0. The van der Waals surface area contributed by atoms with Gasteiger partial charge in [0.1, 0.15) is 0 Å². The Kier molecular flexibility index (Phi) is 6.49. The van der Waals surface area contributed by atoms with Crippen molar-refractivity contribution in [3.63, 3.8) is 0 Å². The Labute approximate surface area is 128 Å². The first-order valence-corrected chi connectivity index (χ1v) is 8.78. The Morgan fingerprint density at radius 3 is 2.50 bits per heavy atom. The number of nitrogens with one attached hydrogen (secondary N) is 1. The van der Waals surface area contributed by atoms with E-state index in [4.69, 9.17) is 0 Å². The topological polar surface area (TPSA) is 18.5 Å². The number of aryl methyl sites for hydroxylation is 1. The standard InChI is InChI=1S/C16H29N3S/c1-4-6-18-7-9-19(10-8-18)13-15-11-16(12-17-5-2)20-14(15)3/h11,17H,4-10,12-13H2,1-3H3. The largest absolute Gasteiger partial charge is 0.312 e. The van der Waals surface area contributed by atoms with Gasteiger partial charge in [0.05, 0.1) is 0 Å². The zero-order valence-corrected chi connectivity index (χ0v) is 14.1. The van der Waals surface area contributed by atoms with Gasteiger partial charge in [0.25, 0.3) is 0 Å². The lowest BCUT2D eigenvalue weighted by atomic mass is 10.2. The summed E-state index contributed by atoms with van der Waals surface area (Å²) in [7, 11) is 0. The van der Waals surface area contributed by atoms with Crippen molar-refractivity contribution in [2.45, 2.75) is 40.3 Å². The monoisotopic (exact) mass is 295 g/mol. The van der Waals surface area contributed by atoms with Crippen molar-refractivity contribution in [2.75, 3.05) is 39.3 Å². The Morgan fingerprint density at radius 2 is 1.85 bits per heavy atom. The molecule has 1 aromatic rings. The van der Waals surface area contributed by atoms with Crippen LogP contribution in [-0.2, 0) is 13.1 Å². The summed E-state index contributed by atoms with van der Waals surface area (Å²) in [5.41, 5.74) is 1.53. The number of thiophene rings is 1. The van der Waals surface area contributed by atoms with Gasteiger partial charge in [0.15, 0.2) is 0 Å². The van der Waals surface area contributed by atoms with Crippen LogP contribution in [0.25, 0.3) is 0 Å². The van der Waals surface area contributed by atoms with Crippen LogP contribution in [0.5, 0.6) is 0 Å². The van der Waals surface area contributed by atoms with E-state index in [0.29, 0.717) is 0 Å². The number of nitrogens with zero attached hydrogens (tertiary/aromatic N) is 2. The molecular weight excluding hydrogens is 266 g/mol. The van der Waals surface area contributed by atoms with Crippen LogP contribution >= 0.6 is 11.3 Å². The second-order valence-corrected chi connectivity index (χ2v) is 7.03. The number of piperazine rings is 1. The van der Waals surface area contributed by atoms with E-state index in [2.05, 4.69) is 42.0 Å². The van der Waals surface area contributed by atoms with Gasteiger partial charge in [-0.3, -0.25) is 4.90 Å². The van der Waals surface area contributed by atoms with E-state index in [0.717, 1.165) is 19.6 Å². The molecule has 1 fully saturated rings. The van der Waals surface area contributed by atoms with Crippen molar-refractivity contribution >= 4 is 11.3 Å². The average molecular weight is 295 g/mol. The quantitative estimate of drug-likeness (QED) is 0.834. The molecule has 114 valence electrons. The predicted octanol–water partition coefficient (Wildman–Crippen LogP) is 2.69. The molecule has 2 heterocycles. The predicted molar refractivity (Wildman–Crippen MR) is 88.4 cm³/mol. The number of hydrogen-bond donors (Lipinski definition) is 1. The Morgan fingerprint density at radius 1 is 1.15 bits per heavy atom. The maximum Gasteiger partial charge on any atom is 0.0299 e. The van der Waals surface area contributed by atoms with Crippen molar-refractivity contribution in [1.29, 1.82) is 0 Å². The minimum absolute atomic E-state index is 1.02. The molecule has 20 heavy (non-hydrogen) atoms. The Bertz CT molecular complexity index is 394. The molecule has 4 heteroatoms. The molecule has 1 N–H and O–H groups in total. The van der Waals surface area contributed by atoms with Crippen LogP contribution in [0, 0.1) is 6.92 Å². The van der Waals surface area contributed by atoms with Gasteiger partial charge in [0, 0.05) is 49.0 Å². The molecule has 0 bridgehead atoms. The van der Waals surface area contributed by atoms with Crippen LogP contribution in [0.2, 0.25) is 0 Å².